The molecule has 100 valence electrons. The van der Waals surface area contributed by atoms with Gasteiger partial charge in [-0.15, -0.1) is 0 Å². The van der Waals surface area contributed by atoms with E-state index in [-0.39, 0.29) is 0 Å². The van der Waals surface area contributed by atoms with Gasteiger partial charge in [-0.1, -0.05) is 41.9 Å². The highest BCUT2D eigenvalue weighted by Gasteiger charge is 2.09. The summed E-state index contributed by atoms with van der Waals surface area (Å²) in [6, 6.07) is 14.0. The van der Waals surface area contributed by atoms with Gasteiger partial charge in [0, 0.05) is 11.0 Å². The Kier molecular flexibility index (Phi) is 4.61. The Balaban J connectivity index is 2.26. The summed E-state index contributed by atoms with van der Waals surface area (Å²) >= 11 is 3.50. The lowest BCUT2D eigenvalue weighted by atomic mass is 10.0. The third kappa shape index (κ3) is 3.58. The maximum atomic E-state index is 5.96. The van der Waals surface area contributed by atoms with Gasteiger partial charge < -0.3 is 10.5 Å². The SMILES string of the molecule is CC(C)c1cc(Br)ccc1Oc1ccc(CN)cc1. The van der Waals surface area contributed by atoms with E-state index in [2.05, 4.69) is 35.8 Å². The van der Waals surface area contributed by atoms with Crippen LogP contribution in [0.5, 0.6) is 11.5 Å². The van der Waals surface area contributed by atoms with E-state index in [1.165, 1.54) is 5.56 Å². The Morgan fingerprint density at radius 2 is 1.79 bits per heavy atom. The standard InChI is InChI=1S/C16H18BrNO/c1-11(2)15-9-13(17)5-8-16(15)19-14-6-3-12(10-18)4-7-14/h3-9,11H,10,18H2,1-2H3. The summed E-state index contributed by atoms with van der Waals surface area (Å²) in [5.41, 5.74) is 7.88. The van der Waals surface area contributed by atoms with Gasteiger partial charge in [-0.2, -0.15) is 0 Å². The molecule has 0 amide bonds. The monoisotopic (exact) mass is 319 g/mol. The fourth-order valence-corrected chi connectivity index (χ4v) is 2.26. The average molecular weight is 320 g/mol. The Morgan fingerprint density at radius 3 is 2.37 bits per heavy atom. The average Bonchev–Trinajstić information content (AvgIpc) is 2.41. The van der Waals surface area contributed by atoms with Crippen molar-refractivity contribution in [1.29, 1.82) is 0 Å². The van der Waals surface area contributed by atoms with Gasteiger partial charge in [0.25, 0.3) is 0 Å². The summed E-state index contributed by atoms with van der Waals surface area (Å²) in [4.78, 5) is 0. The van der Waals surface area contributed by atoms with E-state index in [1.54, 1.807) is 0 Å². The van der Waals surface area contributed by atoms with Crippen molar-refractivity contribution in [2.75, 3.05) is 0 Å². The topological polar surface area (TPSA) is 35.2 Å². The van der Waals surface area contributed by atoms with Crippen LogP contribution in [0.25, 0.3) is 0 Å². The Hall–Kier alpha value is -1.32. The molecule has 0 aliphatic carbocycles. The number of halogens is 1. The van der Waals surface area contributed by atoms with Crippen LogP contribution in [0.15, 0.2) is 46.9 Å². The van der Waals surface area contributed by atoms with Gasteiger partial charge in [0.15, 0.2) is 0 Å². The van der Waals surface area contributed by atoms with E-state index >= 15 is 0 Å². The van der Waals surface area contributed by atoms with Crippen LogP contribution >= 0.6 is 15.9 Å². The first-order valence-corrected chi connectivity index (χ1v) is 7.15. The summed E-state index contributed by atoms with van der Waals surface area (Å²) in [5, 5.41) is 0. The lowest BCUT2D eigenvalue weighted by molar-refractivity contribution is 0.473. The van der Waals surface area contributed by atoms with Crippen molar-refractivity contribution in [3.05, 3.63) is 58.1 Å². The summed E-state index contributed by atoms with van der Waals surface area (Å²) in [6.45, 7) is 4.87. The third-order valence-electron chi connectivity index (χ3n) is 2.98. The molecule has 2 nitrogen and oxygen atoms in total. The largest absolute Gasteiger partial charge is 0.457 e. The second-order valence-electron chi connectivity index (χ2n) is 4.79. The highest BCUT2D eigenvalue weighted by molar-refractivity contribution is 9.10. The highest BCUT2D eigenvalue weighted by atomic mass is 79.9. The van der Waals surface area contributed by atoms with Crippen molar-refractivity contribution in [3.8, 4) is 11.5 Å². The minimum absolute atomic E-state index is 0.413. The molecule has 0 radical (unpaired) electrons. The molecule has 2 N–H and O–H groups in total. The maximum absolute atomic E-state index is 5.96. The minimum atomic E-state index is 0.413. The first kappa shape index (κ1) is 14.1. The number of hydrogen-bond acceptors (Lipinski definition) is 2. The van der Waals surface area contributed by atoms with Gasteiger partial charge in [0.1, 0.15) is 11.5 Å². The third-order valence-corrected chi connectivity index (χ3v) is 3.47. The number of rotatable bonds is 4. The fraction of sp³-hybridized carbons (Fsp3) is 0.250. The zero-order valence-electron chi connectivity index (χ0n) is 11.2. The Bertz CT molecular complexity index is 549. The Morgan fingerprint density at radius 1 is 1.11 bits per heavy atom. The summed E-state index contributed by atoms with van der Waals surface area (Å²) in [7, 11) is 0. The predicted octanol–water partition coefficient (Wildman–Crippen LogP) is 4.82. The summed E-state index contributed by atoms with van der Waals surface area (Å²) < 4.78 is 7.03. The quantitative estimate of drug-likeness (QED) is 0.876. The van der Waals surface area contributed by atoms with E-state index in [1.807, 2.05) is 36.4 Å². The van der Waals surface area contributed by atoms with E-state index in [9.17, 15) is 0 Å². The van der Waals surface area contributed by atoms with Gasteiger partial charge >= 0.3 is 0 Å². The van der Waals surface area contributed by atoms with Crippen molar-refractivity contribution >= 4 is 15.9 Å². The molecule has 2 aromatic rings. The highest BCUT2D eigenvalue weighted by Crippen LogP contribution is 2.32. The van der Waals surface area contributed by atoms with Crippen molar-refractivity contribution in [2.45, 2.75) is 26.3 Å². The van der Waals surface area contributed by atoms with Gasteiger partial charge in [-0.3, -0.25) is 0 Å². The van der Waals surface area contributed by atoms with Crippen molar-refractivity contribution in [1.82, 2.24) is 0 Å². The first-order valence-electron chi connectivity index (χ1n) is 6.36. The number of ether oxygens (including phenoxy) is 1. The molecule has 0 heterocycles. The molecule has 0 aliphatic rings. The van der Waals surface area contributed by atoms with E-state index in [0.717, 1.165) is 21.5 Å². The van der Waals surface area contributed by atoms with E-state index in [0.29, 0.717) is 12.5 Å². The van der Waals surface area contributed by atoms with Gasteiger partial charge in [0.2, 0.25) is 0 Å². The molecule has 0 fully saturated rings. The molecule has 0 atom stereocenters. The lowest BCUT2D eigenvalue weighted by Crippen LogP contribution is -1.96. The first-order chi connectivity index (χ1) is 9.10. The normalized spacial score (nSPS) is 10.8. The number of nitrogens with two attached hydrogens (primary N) is 1. The molecule has 0 saturated carbocycles. The molecule has 3 heteroatoms. The van der Waals surface area contributed by atoms with Crippen LogP contribution in [0.3, 0.4) is 0 Å². The molecule has 19 heavy (non-hydrogen) atoms. The van der Waals surface area contributed by atoms with Crippen LogP contribution < -0.4 is 10.5 Å². The molecule has 0 bridgehead atoms. The Labute approximate surface area is 122 Å². The van der Waals surface area contributed by atoms with Crippen molar-refractivity contribution in [2.24, 2.45) is 5.73 Å². The molecule has 0 unspecified atom stereocenters. The van der Waals surface area contributed by atoms with Crippen LogP contribution in [0.2, 0.25) is 0 Å². The van der Waals surface area contributed by atoms with Gasteiger partial charge in [-0.05, 0) is 47.4 Å². The second kappa shape index (κ2) is 6.22. The molecule has 0 saturated heterocycles. The molecule has 0 aliphatic heterocycles. The van der Waals surface area contributed by atoms with Crippen molar-refractivity contribution < 1.29 is 4.74 Å². The van der Waals surface area contributed by atoms with Crippen LogP contribution in [-0.4, -0.2) is 0 Å². The van der Waals surface area contributed by atoms with E-state index in [4.69, 9.17) is 10.5 Å². The zero-order valence-corrected chi connectivity index (χ0v) is 12.8. The zero-order chi connectivity index (χ0) is 13.8. The van der Waals surface area contributed by atoms with Crippen LogP contribution in [-0.2, 0) is 6.54 Å². The molecule has 0 aromatic heterocycles. The molecular formula is C16H18BrNO. The summed E-state index contributed by atoms with van der Waals surface area (Å²) in [5.74, 6) is 2.15. The molecule has 0 spiro atoms. The minimum Gasteiger partial charge on any atom is -0.457 e. The maximum Gasteiger partial charge on any atom is 0.130 e. The van der Waals surface area contributed by atoms with Crippen molar-refractivity contribution in [3.63, 3.8) is 0 Å². The van der Waals surface area contributed by atoms with Crippen LogP contribution in [0.4, 0.5) is 0 Å². The number of benzene rings is 2. The molecule has 2 aromatic carbocycles. The van der Waals surface area contributed by atoms with Gasteiger partial charge in [0.05, 0.1) is 0 Å². The summed E-state index contributed by atoms with van der Waals surface area (Å²) in [6.07, 6.45) is 0. The van der Waals surface area contributed by atoms with Crippen LogP contribution in [0.1, 0.15) is 30.9 Å². The van der Waals surface area contributed by atoms with Crippen LogP contribution in [0, 0.1) is 0 Å². The van der Waals surface area contributed by atoms with E-state index < -0.39 is 0 Å². The smallest absolute Gasteiger partial charge is 0.130 e. The lowest BCUT2D eigenvalue weighted by Gasteiger charge is -2.14. The predicted molar refractivity (Wildman–Crippen MR) is 82.6 cm³/mol. The number of hydrogen-bond donors (Lipinski definition) is 1. The molecule has 2 rings (SSSR count). The second-order valence-corrected chi connectivity index (χ2v) is 5.70. The molecular weight excluding hydrogens is 302 g/mol. The fourth-order valence-electron chi connectivity index (χ4n) is 1.88. The van der Waals surface area contributed by atoms with Gasteiger partial charge in [-0.25, -0.2) is 0 Å².